The molecule has 1 aliphatic rings. The van der Waals surface area contributed by atoms with Gasteiger partial charge in [-0.1, -0.05) is 0 Å². The topological polar surface area (TPSA) is 71.5 Å². The Morgan fingerprint density at radius 2 is 2.50 bits per heavy atom. The van der Waals surface area contributed by atoms with Gasteiger partial charge in [0.1, 0.15) is 6.10 Å². The number of likely N-dealkylation sites (N-methyl/N-ethyl adjacent to an activating group) is 1. The van der Waals surface area contributed by atoms with Gasteiger partial charge in [0.05, 0.1) is 12.1 Å². The number of cyclic esters (lactones) is 1. The Hall–Kier alpha value is -2.11. The highest BCUT2D eigenvalue weighted by molar-refractivity contribution is 5.93. The van der Waals surface area contributed by atoms with E-state index in [1.165, 1.54) is 11.1 Å². The number of amides is 2. The van der Waals surface area contributed by atoms with Crippen LogP contribution in [0.1, 0.15) is 16.8 Å². The summed E-state index contributed by atoms with van der Waals surface area (Å²) < 4.78 is 5.08. The third-order valence-corrected chi connectivity index (χ3v) is 2.73. The first-order valence-corrected chi connectivity index (χ1v) is 5.77. The molecule has 6 nitrogen and oxygen atoms in total. The van der Waals surface area contributed by atoms with E-state index in [-0.39, 0.29) is 18.1 Å². The lowest BCUT2D eigenvalue weighted by Crippen LogP contribution is -2.28. The fourth-order valence-corrected chi connectivity index (χ4v) is 1.75. The average molecular weight is 249 g/mol. The van der Waals surface area contributed by atoms with Gasteiger partial charge in [-0.3, -0.25) is 9.78 Å². The summed E-state index contributed by atoms with van der Waals surface area (Å²) in [4.78, 5) is 28.2. The molecule has 2 rings (SSSR count). The monoisotopic (exact) mass is 249 g/mol. The van der Waals surface area contributed by atoms with Gasteiger partial charge in [-0.2, -0.15) is 0 Å². The summed E-state index contributed by atoms with van der Waals surface area (Å²) in [6.45, 7) is 1.04. The molecule has 1 N–H and O–H groups in total. The molecule has 0 radical (unpaired) electrons. The molecular weight excluding hydrogens is 234 g/mol. The summed E-state index contributed by atoms with van der Waals surface area (Å²) in [6, 6.07) is 3.41. The minimum absolute atomic E-state index is 0.142. The maximum atomic E-state index is 11.7. The van der Waals surface area contributed by atoms with E-state index < -0.39 is 0 Å². The zero-order valence-corrected chi connectivity index (χ0v) is 10.1. The molecule has 1 aliphatic heterocycles. The molecule has 18 heavy (non-hydrogen) atoms. The first-order valence-electron chi connectivity index (χ1n) is 5.77. The molecule has 1 aromatic rings. The van der Waals surface area contributed by atoms with Crippen LogP contribution < -0.4 is 5.32 Å². The van der Waals surface area contributed by atoms with Crippen LogP contribution in [0.4, 0.5) is 4.79 Å². The predicted octanol–water partition coefficient (Wildman–Crippen LogP) is 0.652. The summed E-state index contributed by atoms with van der Waals surface area (Å²) >= 11 is 0. The van der Waals surface area contributed by atoms with Gasteiger partial charge in [0.2, 0.25) is 0 Å². The average Bonchev–Trinajstić information content (AvgIpc) is 2.69. The van der Waals surface area contributed by atoms with Gasteiger partial charge in [-0.25, -0.2) is 4.79 Å². The Morgan fingerprint density at radius 1 is 1.67 bits per heavy atom. The first-order chi connectivity index (χ1) is 8.66. The van der Waals surface area contributed by atoms with E-state index in [4.69, 9.17) is 4.74 Å². The summed E-state index contributed by atoms with van der Waals surface area (Å²) in [5.41, 5.74) is 0.526. The van der Waals surface area contributed by atoms with E-state index in [1.807, 2.05) is 0 Å². The van der Waals surface area contributed by atoms with Crippen molar-refractivity contribution < 1.29 is 14.3 Å². The van der Waals surface area contributed by atoms with Crippen molar-refractivity contribution in [2.24, 2.45) is 0 Å². The molecule has 0 spiro atoms. The van der Waals surface area contributed by atoms with E-state index in [0.717, 1.165) is 0 Å². The lowest BCUT2D eigenvalue weighted by atomic mass is 10.2. The molecule has 0 saturated carbocycles. The molecule has 1 unspecified atom stereocenters. The summed E-state index contributed by atoms with van der Waals surface area (Å²) in [5, 5.41) is 2.77. The first kappa shape index (κ1) is 12.3. The van der Waals surface area contributed by atoms with Gasteiger partial charge in [-0.15, -0.1) is 0 Å². The molecule has 2 amide bonds. The van der Waals surface area contributed by atoms with E-state index in [2.05, 4.69) is 10.3 Å². The van der Waals surface area contributed by atoms with E-state index >= 15 is 0 Å². The molecular formula is C12H15N3O3. The smallest absolute Gasteiger partial charge is 0.409 e. The largest absolute Gasteiger partial charge is 0.444 e. The van der Waals surface area contributed by atoms with Crippen molar-refractivity contribution in [1.29, 1.82) is 0 Å². The Kier molecular flexibility index (Phi) is 3.76. The SMILES string of the molecule is CN1CC(CCNC(=O)c2cccnc2)OC1=O. The Labute approximate surface area is 105 Å². The van der Waals surface area contributed by atoms with Crippen molar-refractivity contribution in [2.45, 2.75) is 12.5 Å². The number of pyridine rings is 1. The van der Waals surface area contributed by atoms with Gasteiger partial charge in [0, 0.05) is 32.4 Å². The Bertz CT molecular complexity index is 435. The zero-order valence-electron chi connectivity index (χ0n) is 10.1. The van der Waals surface area contributed by atoms with Gasteiger partial charge >= 0.3 is 6.09 Å². The molecule has 1 saturated heterocycles. The minimum Gasteiger partial charge on any atom is -0.444 e. The van der Waals surface area contributed by atoms with Crippen molar-refractivity contribution in [3.63, 3.8) is 0 Å². The second-order valence-electron chi connectivity index (χ2n) is 4.17. The van der Waals surface area contributed by atoms with E-state index in [1.54, 1.807) is 25.4 Å². The zero-order chi connectivity index (χ0) is 13.0. The number of rotatable bonds is 4. The number of nitrogens with one attached hydrogen (secondary N) is 1. The van der Waals surface area contributed by atoms with Crippen molar-refractivity contribution in [3.05, 3.63) is 30.1 Å². The number of hydrogen-bond donors (Lipinski definition) is 1. The maximum Gasteiger partial charge on any atom is 0.409 e. The number of nitrogens with zero attached hydrogens (tertiary/aromatic N) is 2. The fourth-order valence-electron chi connectivity index (χ4n) is 1.75. The van der Waals surface area contributed by atoms with Crippen LogP contribution >= 0.6 is 0 Å². The quantitative estimate of drug-likeness (QED) is 0.850. The van der Waals surface area contributed by atoms with Crippen molar-refractivity contribution >= 4 is 12.0 Å². The number of carbonyl (C=O) groups is 2. The highest BCUT2D eigenvalue weighted by atomic mass is 16.6. The molecule has 96 valence electrons. The van der Waals surface area contributed by atoms with Crippen molar-refractivity contribution in [1.82, 2.24) is 15.2 Å². The highest BCUT2D eigenvalue weighted by Gasteiger charge is 2.27. The van der Waals surface area contributed by atoms with Crippen LogP contribution in [0.2, 0.25) is 0 Å². The highest BCUT2D eigenvalue weighted by Crippen LogP contribution is 2.11. The molecule has 0 bridgehead atoms. The number of ether oxygens (including phenoxy) is 1. The molecule has 1 atom stereocenters. The van der Waals surface area contributed by atoms with Crippen LogP contribution in [-0.4, -0.2) is 48.1 Å². The second kappa shape index (κ2) is 5.48. The van der Waals surface area contributed by atoms with Crippen LogP contribution in [0.15, 0.2) is 24.5 Å². The molecule has 0 aromatic carbocycles. The van der Waals surface area contributed by atoms with Crippen molar-refractivity contribution in [2.75, 3.05) is 20.1 Å². The lowest BCUT2D eigenvalue weighted by Gasteiger charge is -2.09. The van der Waals surface area contributed by atoms with Crippen molar-refractivity contribution in [3.8, 4) is 0 Å². The van der Waals surface area contributed by atoms with Gasteiger partial charge in [-0.05, 0) is 12.1 Å². The van der Waals surface area contributed by atoms with Gasteiger partial charge in [0.25, 0.3) is 5.91 Å². The molecule has 1 fully saturated rings. The number of aromatic nitrogens is 1. The molecule has 0 aliphatic carbocycles. The van der Waals surface area contributed by atoms with Crippen LogP contribution in [-0.2, 0) is 4.74 Å². The summed E-state index contributed by atoms with van der Waals surface area (Å²) in [5.74, 6) is -0.166. The standard InChI is InChI=1S/C12H15N3O3/c1-15-8-10(18-12(15)17)4-6-14-11(16)9-3-2-5-13-7-9/h2-3,5,7,10H,4,6,8H2,1H3,(H,14,16). The number of hydrogen-bond acceptors (Lipinski definition) is 4. The van der Waals surface area contributed by atoms with Crippen LogP contribution in [0.5, 0.6) is 0 Å². The molecule has 6 heteroatoms. The summed E-state index contributed by atoms with van der Waals surface area (Å²) in [7, 11) is 1.69. The predicted molar refractivity (Wildman–Crippen MR) is 64.1 cm³/mol. The lowest BCUT2D eigenvalue weighted by molar-refractivity contribution is 0.0943. The summed E-state index contributed by atoms with van der Waals surface area (Å²) in [6.07, 6.45) is 3.29. The Morgan fingerprint density at radius 3 is 3.11 bits per heavy atom. The van der Waals surface area contributed by atoms with E-state index in [0.29, 0.717) is 25.1 Å². The number of carbonyl (C=O) groups excluding carboxylic acids is 2. The van der Waals surface area contributed by atoms with Crippen LogP contribution in [0.25, 0.3) is 0 Å². The van der Waals surface area contributed by atoms with Gasteiger partial charge < -0.3 is 15.0 Å². The Balaban J connectivity index is 1.73. The van der Waals surface area contributed by atoms with Crippen LogP contribution in [0.3, 0.4) is 0 Å². The second-order valence-corrected chi connectivity index (χ2v) is 4.17. The normalized spacial score (nSPS) is 18.6. The van der Waals surface area contributed by atoms with E-state index in [9.17, 15) is 9.59 Å². The third-order valence-electron chi connectivity index (χ3n) is 2.73. The van der Waals surface area contributed by atoms with Gasteiger partial charge in [0.15, 0.2) is 0 Å². The van der Waals surface area contributed by atoms with Crippen LogP contribution in [0, 0.1) is 0 Å². The molecule has 1 aromatic heterocycles. The molecule has 2 heterocycles. The third kappa shape index (κ3) is 2.97. The minimum atomic E-state index is -0.307. The fraction of sp³-hybridized carbons (Fsp3) is 0.417. The maximum absolute atomic E-state index is 11.7.